The Morgan fingerprint density at radius 2 is 1.71 bits per heavy atom. The highest BCUT2D eigenvalue weighted by molar-refractivity contribution is 8.00. The largest absolute Gasteiger partial charge is 0.341 e. The lowest BCUT2D eigenvalue weighted by Crippen LogP contribution is -2.44. The van der Waals surface area contributed by atoms with Gasteiger partial charge in [0.15, 0.2) is 0 Å². The highest BCUT2D eigenvalue weighted by Crippen LogP contribution is 2.38. The van der Waals surface area contributed by atoms with Gasteiger partial charge in [0.05, 0.1) is 0 Å². The van der Waals surface area contributed by atoms with Gasteiger partial charge in [-0.05, 0) is 30.5 Å². The number of piperidine rings is 1. The van der Waals surface area contributed by atoms with Gasteiger partial charge in [-0.25, -0.2) is 4.39 Å². The first-order valence-corrected chi connectivity index (χ1v) is 9.03. The molecule has 0 radical (unpaired) electrons. The number of likely N-dealkylation sites (tertiary alicyclic amines) is 1. The van der Waals surface area contributed by atoms with Crippen LogP contribution in [-0.2, 0) is 4.79 Å². The molecule has 1 amide bonds. The smallest absolute Gasteiger partial charge is 0.240 e. The maximum atomic E-state index is 14.1. The molecule has 1 unspecified atom stereocenters. The molecule has 5 heteroatoms. The molecule has 126 valence electrons. The van der Waals surface area contributed by atoms with E-state index in [4.69, 9.17) is 5.73 Å². The van der Waals surface area contributed by atoms with Crippen LogP contribution in [0.15, 0.2) is 59.5 Å². The molecule has 24 heavy (non-hydrogen) atoms. The zero-order valence-electron chi connectivity index (χ0n) is 13.4. The number of benzene rings is 2. The summed E-state index contributed by atoms with van der Waals surface area (Å²) in [7, 11) is 0. The Labute approximate surface area is 146 Å². The van der Waals surface area contributed by atoms with E-state index in [9.17, 15) is 9.18 Å². The minimum absolute atomic E-state index is 0.0290. The third kappa shape index (κ3) is 3.97. The number of halogens is 1. The molecule has 1 aliphatic heterocycles. The van der Waals surface area contributed by atoms with E-state index in [1.54, 1.807) is 18.2 Å². The molecule has 1 fully saturated rings. The van der Waals surface area contributed by atoms with Crippen molar-refractivity contribution in [3.05, 3.63) is 66.0 Å². The number of nitrogens with two attached hydrogens (primary N) is 1. The molecular formula is C19H21FN2OS. The van der Waals surface area contributed by atoms with Crippen molar-refractivity contribution in [3.63, 3.8) is 0 Å². The number of carbonyl (C=O) groups is 1. The van der Waals surface area contributed by atoms with Crippen molar-refractivity contribution in [2.75, 3.05) is 13.1 Å². The summed E-state index contributed by atoms with van der Waals surface area (Å²) in [5, 5.41) is -0.447. The van der Waals surface area contributed by atoms with E-state index in [1.165, 1.54) is 17.8 Å². The van der Waals surface area contributed by atoms with E-state index < -0.39 is 5.25 Å². The molecular weight excluding hydrogens is 323 g/mol. The van der Waals surface area contributed by atoms with E-state index in [1.807, 2.05) is 35.2 Å². The van der Waals surface area contributed by atoms with E-state index in [-0.39, 0.29) is 17.8 Å². The van der Waals surface area contributed by atoms with Crippen LogP contribution < -0.4 is 5.73 Å². The Kier molecular flexibility index (Phi) is 5.53. The van der Waals surface area contributed by atoms with Crippen LogP contribution in [0.25, 0.3) is 0 Å². The summed E-state index contributed by atoms with van der Waals surface area (Å²) in [6, 6.07) is 16.3. The van der Waals surface area contributed by atoms with Crippen LogP contribution in [0.3, 0.4) is 0 Å². The molecule has 0 bridgehead atoms. The first-order chi connectivity index (χ1) is 11.6. The van der Waals surface area contributed by atoms with Gasteiger partial charge in [0.25, 0.3) is 0 Å². The van der Waals surface area contributed by atoms with Crippen LogP contribution >= 0.6 is 11.8 Å². The van der Waals surface area contributed by atoms with Crippen LogP contribution in [0.4, 0.5) is 4.39 Å². The molecule has 1 aliphatic rings. The molecule has 3 rings (SSSR count). The van der Waals surface area contributed by atoms with E-state index >= 15 is 0 Å². The third-order valence-electron chi connectivity index (χ3n) is 4.26. The fourth-order valence-electron chi connectivity index (χ4n) is 2.84. The summed E-state index contributed by atoms with van der Waals surface area (Å²) in [6.45, 7) is 1.34. The maximum absolute atomic E-state index is 14.1. The monoisotopic (exact) mass is 344 g/mol. The van der Waals surface area contributed by atoms with Crippen LogP contribution in [-0.4, -0.2) is 29.9 Å². The molecule has 1 saturated heterocycles. The fourth-order valence-corrected chi connectivity index (χ4v) is 3.98. The lowest BCUT2D eigenvalue weighted by molar-refractivity contribution is -0.131. The molecule has 2 aromatic rings. The minimum Gasteiger partial charge on any atom is -0.341 e. The molecule has 0 aliphatic carbocycles. The normalized spacial score (nSPS) is 16.8. The second kappa shape index (κ2) is 7.81. The number of nitrogens with zero attached hydrogens (tertiary/aromatic N) is 1. The molecule has 3 nitrogen and oxygen atoms in total. The van der Waals surface area contributed by atoms with Gasteiger partial charge in [-0.2, -0.15) is 0 Å². The predicted molar refractivity (Wildman–Crippen MR) is 95.2 cm³/mol. The molecule has 0 aromatic heterocycles. The van der Waals surface area contributed by atoms with Crippen molar-refractivity contribution in [3.8, 4) is 0 Å². The van der Waals surface area contributed by atoms with Crippen molar-refractivity contribution in [2.24, 2.45) is 5.73 Å². The van der Waals surface area contributed by atoms with Crippen molar-refractivity contribution >= 4 is 17.7 Å². The standard InChI is InChI=1S/C19H21FN2OS/c20-16-8-4-5-9-17(16)24-18(14-6-2-1-3-7-14)19(23)22-12-10-15(21)11-13-22/h1-9,15,18H,10-13,21H2. The average Bonchev–Trinajstić information content (AvgIpc) is 2.62. The van der Waals surface area contributed by atoms with Crippen molar-refractivity contribution in [1.29, 1.82) is 0 Å². The van der Waals surface area contributed by atoms with Gasteiger partial charge in [0.2, 0.25) is 5.91 Å². The van der Waals surface area contributed by atoms with Gasteiger partial charge < -0.3 is 10.6 Å². The van der Waals surface area contributed by atoms with Gasteiger partial charge >= 0.3 is 0 Å². The highest BCUT2D eigenvalue weighted by atomic mass is 32.2. The number of hydrogen-bond donors (Lipinski definition) is 1. The van der Waals surface area contributed by atoms with Gasteiger partial charge in [-0.1, -0.05) is 42.5 Å². The number of amides is 1. The second-order valence-corrected chi connectivity index (χ2v) is 7.15. The number of thioether (sulfide) groups is 1. The minimum atomic E-state index is -0.447. The van der Waals surface area contributed by atoms with Crippen molar-refractivity contribution < 1.29 is 9.18 Å². The first kappa shape index (κ1) is 17.0. The molecule has 2 aromatic carbocycles. The zero-order chi connectivity index (χ0) is 16.9. The lowest BCUT2D eigenvalue weighted by atomic mass is 10.0. The van der Waals surface area contributed by atoms with E-state index in [0.29, 0.717) is 18.0 Å². The Morgan fingerprint density at radius 1 is 1.08 bits per heavy atom. The zero-order valence-corrected chi connectivity index (χ0v) is 14.2. The molecule has 0 spiro atoms. The Hall–Kier alpha value is -1.85. The summed E-state index contributed by atoms with van der Waals surface area (Å²) < 4.78 is 14.1. The van der Waals surface area contributed by atoms with E-state index in [0.717, 1.165) is 18.4 Å². The van der Waals surface area contributed by atoms with Crippen molar-refractivity contribution in [2.45, 2.75) is 29.0 Å². The SMILES string of the molecule is NC1CCN(C(=O)C(Sc2ccccc2F)c2ccccc2)CC1. The molecule has 2 N–H and O–H groups in total. The van der Waals surface area contributed by atoms with Gasteiger partial charge in [0, 0.05) is 24.0 Å². The van der Waals surface area contributed by atoms with Crippen LogP contribution in [0, 0.1) is 5.82 Å². The summed E-state index contributed by atoms with van der Waals surface area (Å²) in [5.41, 5.74) is 6.83. The summed E-state index contributed by atoms with van der Waals surface area (Å²) in [4.78, 5) is 15.4. The lowest BCUT2D eigenvalue weighted by Gasteiger charge is -2.33. The number of carbonyl (C=O) groups excluding carboxylic acids is 1. The quantitative estimate of drug-likeness (QED) is 0.862. The van der Waals surface area contributed by atoms with Crippen LogP contribution in [0.1, 0.15) is 23.7 Å². The number of hydrogen-bond acceptors (Lipinski definition) is 3. The molecule has 0 saturated carbocycles. The Bertz CT molecular complexity index is 687. The van der Waals surface area contributed by atoms with E-state index in [2.05, 4.69) is 0 Å². The second-order valence-electron chi connectivity index (χ2n) is 6.00. The summed E-state index contributed by atoms with van der Waals surface area (Å²) in [5.74, 6) is -0.266. The summed E-state index contributed by atoms with van der Waals surface area (Å²) in [6.07, 6.45) is 1.63. The topological polar surface area (TPSA) is 46.3 Å². The summed E-state index contributed by atoms with van der Waals surface area (Å²) >= 11 is 1.27. The maximum Gasteiger partial charge on any atom is 0.240 e. The molecule has 1 atom stereocenters. The fraction of sp³-hybridized carbons (Fsp3) is 0.316. The predicted octanol–water partition coefficient (Wildman–Crippen LogP) is 3.61. The van der Waals surface area contributed by atoms with Crippen LogP contribution in [0.5, 0.6) is 0 Å². The average molecular weight is 344 g/mol. The Morgan fingerprint density at radius 3 is 2.38 bits per heavy atom. The van der Waals surface area contributed by atoms with Crippen LogP contribution in [0.2, 0.25) is 0 Å². The van der Waals surface area contributed by atoms with Gasteiger partial charge in [0.1, 0.15) is 11.1 Å². The van der Waals surface area contributed by atoms with Crippen molar-refractivity contribution in [1.82, 2.24) is 4.90 Å². The Balaban J connectivity index is 1.85. The number of rotatable bonds is 4. The third-order valence-corrected chi connectivity index (χ3v) is 5.55. The molecule has 1 heterocycles. The first-order valence-electron chi connectivity index (χ1n) is 8.15. The van der Waals surface area contributed by atoms with Gasteiger partial charge in [-0.3, -0.25) is 4.79 Å². The highest BCUT2D eigenvalue weighted by Gasteiger charge is 2.29. The van der Waals surface area contributed by atoms with Gasteiger partial charge in [-0.15, -0.1) is 11.8 Å².